The fraction of sp³-hybridized carbons (Fsp3) is 0.444. The molecule has 0 aliphatic heterocycles. The highest BCUT2D eigenvalue weighted by molar-refractivity contribution is 5.75. The van der Waals surface area contributed by atoms with Crippen LogP contribution in [-0.4, -0.2) is 15.9 Å². The summed E-state index contributed by atoms with van der Waals surface area (Å²) in [6, 6.07) is 0. The van der Waals surface area contributed by atoms with E-state index in [1.165, 1.54) is 6.33 Å². The van der Waals surface area contributed by atoms with Crippen molar-refractivity contribution in [3.63, 3.8) is 0 Å². The van der Waals surface area contributed by atoms with Crippen LogP contribution in [0.25, 0.3) is 0 Å². The van der Waals surface area contributed by atoms with Crippen LogP contribution in [0.2, 0.25) is 0 Å². The predicted molar refractivity (Wildman–Crippen MR) is 48.8 cm³/mol. The summed E-state index contributed by atoms with van der Waals surface area (Å²) in [7, 11) is 0. The van der Waals surface area contributed by atoms with E-state index in [4.69, 9.17) is 0 Å². The normalized spacial score (nSPS) is 9.62. The standard InChI is InChI=1S/C9H13N3O/c1-2-3-9(13)12-6-8-4-10-7-11-5-8/h4-5,7H,2-3,6H2,1H3,(H,12,13). The summed E-state index contributed by atoms with van der Waals surface area (Å²) in [4.78, 5) is 18.8. The molecule has 0 bridgehead atoms. The molecule has 0 saturated carbocycles. The largest absolute Gasteiger partial charge is 0.352 e. The Balaban J connectivity index is 2.31. The summed E-state index contributed by atoms with van der Waals surface area (Å²) >= 11 is 0. The van der Waals surface area contributed by atoms with E-state index in [-0.39, 0.29) is 5.91 Å². The van der Waals surface area contributed by atoms with Crippen molar-refractivity contribution in [2.45, 2.75) is 26.3 Å². The maximum absolute atomic E-state index is 11.1. The molecule has 4 heteroatoms. The number of amides is 1. The van der Waals surface area contributed by atoms with Gasteiger partial charge < -0.3 is 5.32 Å². The fourth-order valence-electron chi connectivity index (χ4n) is 0.937. The molecular formula is C9H13N3O. The van der Waals surface area contributed by atoms with Gasteiger partial charge in [0.15, 0.2) is 0 Å². The van der Waals surface area contributed by atoms with E-state index in [9.17, 15) is 4.79 Å². The Morgan fingerprint density at radius 1 is 1.46 bits per heavy atom. The van der Waals surface area contributed by atoms with Crippen molar-refractivity contribution in [1.82, 2.24) is 15.3 Å². The molecule has 0 fully saturated rings. The Morgan fingerprint density at radius 2 is 2.15 bits per heavy atom. The molecule has 0 saturated heterocycles. The molecule has 1 N–H and O–H groups in total. The summed E-state index contributed by atoms with van der Waals surface area (Å²) in [6.07, 6.45) is 6.31. The number of hydrogen-bond acceptors (Lipinski definition) is 3. The van der Waals surface area contributed by atoms with E-state index < -0.39 is 0 Å². The lowest BCUT2D eigenvalue weighted by molar-refractivity contribution is -0.121. The van der Waals surface area contributed by atoms with E-state index in [1.807, 2.05) is 6.92 Å². The van der Waals surface area contributed by atoms with Crippen LogP contribution < -0.4 is 5.32 Å². The first kappa shape index (κ1) is 9.64. The lowest BCUT2D eigenvalue weighted by Crippen LogP contribution is -2.22. The minimum Gasteiger partial charge on any atom is -0.352 e. The lowest BCUT2D eigenvalue weighted by Gasteiger charge is -2.02. The van der Waals surface area contributed by atoms with Gasteiger partial charge in [0.2, 0.25) is 5.91 Å². The molecule has 0 unspecified atom stereocenters. The van der Waals surface area contributed by atoms with Gasteiger partial charge >= 0.3 is 0 Å². The molecule has 0 aliphatic rings. The van der Waals surface area contributed by atoms with Crippen LogP contribution in [0.5, 0.6) is 0 Å². The Kier molecular flexibility index (Phi) is 3.88. The number of carbonyl (C=O) groups is 1. The molecule has 1 rings (SSSR count). The topological polar surface area (TPSA) is 54.9 Å². The monoisotopic (exact) mass is 179 g/mol. The molecule has 1 aromatic heterocycles. The van der Waals surface area contributed by atoms with Crippen LogP contribution in [0, 0.1) is 0 Å². The molecule has 0 aliphatic carbocycles. The highest BCUT2D eigenvalue weighted by Gasteiger charge is 1.98. The molecule has 1 aromatic rings. The number of hydrogen-bond donors (Lipinski definition) is 1. The molecule has 0 radical (unpaired) electrons. The third kappa shape index (κ3) is 3.64. The fourth-order valence-corrected chi connectivity index (χ4v) is 0.937. The SMILES string of the molecule is CCCC(=O)NCc1cncnc1. The first-order chi connectivity index (χ1) is 6.33. The highest BCUT2D eigenvalue weighted by atomic mass is 16.1. The predicted octanol–water partition coefficient (Wildman–Crippen LogP) is 0.893. The van der Waals surface area contributed by atoms with Gasteiger partial charge in [0.1, 0.15) is 6.33 Å². The van der Waals surface area contributed by atoms with Crippen molar-refractivity contribution in [2.75, 3.05) is 0 Å². The molecule has 70 valence electrons. The lowest BCUT2D eigenvalue weighted by atomic mass is 10.3. The molecule has 1 heterocycles. The van der Waals surface area contributed by atoms with E-state index in [2.05, 4.69) is 15.3 Å². The zero-order chi connectivity index (χ0) is 9.52. The smallest absolute Gasteiger partial charge is 0.220 e. The summed E-state index contributed by atoms with van der Waals surface area (Å²) < 4.78 is 0. The second-order valence-electron chi connectivity index (χ2n) is 2.77. The van der Waals surface area contributed by atoms with Gasteiger partial charge in [-0.15, -0.1) is 0 Å². The average Bonchev–Trinajstić information content (AvgIpc) is 2.17. The van der Waals surface area contributed by atoms with Gasteiger partial charge in [-0.3, -0.25) is 4.79 Å². The Labute approximate surface area is 77.4 Å². The number of rotatable bonds is 4. The molecule has 0 atom stereocenters. The second kappa shape index (κ2) is 5.24. The minimum atomic E-state index is 0.0753. The van der Waals surface area contributed by atoms with Gasteiger partial charge in [-0.05, 0) is 6.42 Å². The van der Waals surface area contributed by atoms with Gasteiger partial charge in [0.05, 0.1) is 0 Å². The Hall–Kier alpha value is -1.45. The highest BCUT2D eigenvalue weighted by Crippen LogP contribution is 1.93. The average molecular weight is 179 g/mol. The molecule has 1 amide bonds. The molecule has 0 aromatic carbocycles. The zero-order valence-electron chi connectivity index (χ0n) is 7.66. The van der Waals surface area contributed by atoms with E-state index >= 15 is 0 Å². The number of nitrogens with one attached hydrogen (secondary N) is 1. The Morgan fingerprint density at radius 3 is 2.77 bits per heavy atom. The van der Waals surface area contributed by atoms with Crippen LogP contribution in [0.1, 0.15) is 25.3 Å². The van der Waals surface area contributed by atoms with Crippen LogP contribution >= 0.6 is 0 Å². The quantitative estimate of drug-likeness (QED) is 0.746. The van der Waals surface area contributed by atoms with Gasteiger partial charge in [-0.25, -0.2) is 9.97 Å². The van der Waals surface area contributed by atoms with Gasteiger partial charge in [-0.2, -0.15) is 0 Å². The third-order valence-corrected chi connectivity index (χ3v) is 1.58. The summed E-state index contributed by atoms with van der Waals surface area (Å²) in [6.45, 7) is 2.49. The van der Waals surface area contributed by atoms with E-state index in [0.717, 1.165) is 12.0 Å². The maximum Gasteiger partial charge on any atom is 0.220 e. The maximum atomic E-state index is 11.1. The second-order valence-corrected chi connectivity index (χ2v) is 2.77. The molecular weight excluding hydrogens is 166 g/mol. The van der Waals surface area contributed by atoms with Crippen LogP contribution in [0.3, 0.4) is 0 Å². The van der Waals surface area contributed by atoms with Crippen molar-refractivity contribution in [2.24, 2.45) is 0 Å². The van der Waals surface area contributed by atoms with E-state index in [1.54, 1.807) is 12.4 Å². The first-order valence-corrected chi connectivity index (χ1v) is 4.33. The third-order valence-electron chi connectivity index (χ3n) is 1.58. The summed E-state index contributed by atoms with van der Waals surface area (Å²) in [5.41, 5.74) is 0.923. The van der Waals surface area contributed by atoms with E-state index in [0.29, 0.717) is 13.0 Å². The Bertz CT molecular complexity index is 261. The van der Waals surface area contributed by atoms with Crippen molar-refractivity contribution in [1.29, 1.82) is 0 Å². The summed E-state index contributed by atoms with van der Waals surface area (Å²) in [5.74, 6) is 0.0753. The molecule has 4 nitrogen and oxygen atoms in total. The van der Waals surface area contributed by atoms with Crippen molar-refractivity contribution in [3.8, 4) is 0 Å². The van der Waals surface area contributed by atoms with Crippen molar-refractivity contribution < 1.29 is 4.79 Å². The number of aromatic nitrogens is 2. The van der Waals surface area contributed by atoms with Crippen LogP contribution in [0.4, 0.5) is 0 Å². The van der Waals surface area contributed by atoms with Crippen LogP contribution in [-0.2, 0) is 11.3 Å². The zero-order valence-corrected chi connectivity index (χ0v) is 7.66. The molecule has 13 heavy (non-hydrogen) atoms. The summed E-state index contributed by atoms with van der Waals surface area (Å²) in [5, 5.41) is 2.78. The van der Waals surface area contributed by atoms with Crippen LogP contribution in [0.15, 0.2) is 18.7 Å². The minimum absolute atomic E-state index is 0.0753. The molecule has 0 spiro atoms. The van der Waals surface area contributed by atoms with Gasteiger partial charge in [0.25, 0.3) is 0 Å². The number of carbonyl (C=O) groups excluding carboxylic acids is 1. The van der Waals surface area contributed by atoms with Crippen molar-refractivity contribution in [3.05, 3.63) is 24.3 Å². The van der Waals surface area contributed by atoms with Gasteiger partial charge in [0, 0.05) is 30.9 Å². The van der Waals surface area contributed by atoms with Crippen molar-refractivity contribution >= 4 is 5.91 Å². The number of nitrogens with zero attached hydrogens (tertiary/aromatic N) is 2. The first-order valence-electron chi connectivity index (χ1n) is 4.33. The van der Waals surface area contributed by atoms with Gasteiger partial charge in [-0.1, -0.05) is 6.92 Å².